The zero-order valence-electron chi connectivity index (χ0n) is 15.1. The number of nitro groups is 1. The number of fused-ring (bicyclic) bond motifs is 1. The number of allylic oxidation sites excluding steroid dienone is 2. The summed E-state index contributed by atoms with van der Waals surface area (Å²) < 4.78 is 0.975. The second-order valence-electron chi connectivity index (χ2n) is 7.59. The molecule has 5 nitrogen and oxygen atoms in total. The fraction of sp³-hybridized carbons (Fsp3) is 0.333. The molecule has 2 aliphatic rings. The van der Waals surface area contributed by atoms with Gasteiger partial charge in [-0.25, -0.2) is 0 Å². The van der Waals surface area contributed by atoms with Gasteiger partial charge in [0.25, 0.3) is 5.69 Å². The highest BCUT2D eigenvalue weighted by molar-refractivity contribution is 9.11. The van der Waals surface area contributed by atoms with Crippen LogP contribution in [0.4, 0.5) is 5.69 Å². The third-order valence-electron chi connectivity index (χ3n) is 4.72. The first-order chi connectivity index (χ1) is 11.6. The molecule has 2 heterocycles. The van der Waals surface area contributed by atoms with Crippen molar-refractivity contribution in [2.75, 3.05) is 7.05 Å². The summed E-state index contributed by atoms with van der Waals surface area (Å²) in [5.41, 5.74) is 5.31. The number of benzene rings is 1. The van der Waals surface area contributed by atoms with E-state index in [4.69, 9.17) is 0 Å². The molecule has 0 fully saturated rings. The zero-order chi connectivity index (χ0) is 18.5. The first-order valence-corrected chi connectivity index (χ1v) is 12.6. The van der Waals surface area contributed by atoms with Crippen molar-refractivity contribution in [3.63, 3.8) is 0 Å². The van der Waals surface area contributed by atoms with Crippen molar-refractivity contribution in [3.8, 4) is 0 Å². The lowest BCUT2D eigenvalue weighted by Gasteiger charge is -2.28. The molecule has 0 bridgehead atoms. The summed E-state index contributed by atoms with van der Waals surface area (Å²) in [6.45, 7) is 8.72. The minimum atomic E-state index is -1.61. The van der Waals surface area contributed by atoms with Crippen molar-refractivity contribution >= 4 is 35.3 Å². The summed E-state index contributed by atoms with van der Waals surface area (Å²) in [5.74, 6) is 0. The topological polar surface area (TPSA) is 58.4 Å². The fourth-order valence-corrected chi connectivity index (χ4v) is 5.43. The average molecular weight is 420 g/mol. The van der Waals surface area contributed by atoms with Gasteiger partial charge < -0.3 is 10.2 Å². The van der Waals surface area contributed by atoms with Crippen molar-refractivity contribution in [3.05, 3.63) is 67.6 Å². The molecule has 0 aliphatic carbocycles. The molecule has 3 rings (SSSR count). The molecule has 1 unspecified atom stereocenters. The van der Waals surface area contributed by atoms with Gasteiger partial charge in [-0.15, -0.1) is 0 Å². The van der Waals surface area contributed by atoms with Crippen molar-refractivity contribution in [2.24, 2.45) is 0 Å². The SMILES string of the molecule is Cc1ccc(C2=C3C(=CC=C(Br)N3C)NC2[Si](C)(C)C)cc1[N+](=O)[O-]. The van der Waals surface area contributed by atoms with Crippen LogP contribution in [-0.4, -0.2) is 30.6 Å². The normalized spacial score (nSPS) is 20.1. The van der Waals surface area contributed by atoms with Gasteiger partial charge in [-0.3, -0.25) is 10.1 Å². The molecule has 0 radical (unpaired) electrons. The van der Waals surface area contributed by atoms with Gasteiger partial charge in [0.05, 0.1) is 29.0 Å². The van der Waals surface area contributed by atoms with Crippen LogP contribution in [0.15, 0.2) is 46.4 Å². The van der Waals surface area contributed by atoms with Crippen LogP contribution in [0.5, 0.6) is 0 Å². The Morgan fingerprint density at radius 1 is 1.28 bits per heavy atom. The molecule has 132 valence electrons. The van der Waals surface area contributed by atoms with Gasteiger partial charge in [0, 0.05) is 29.9 Å². The molecule has 0 saturated heterocycles. The summed E-state index contributed by atoms with van der Waals surface area (Å²) in [7, 11) is 0.401. The monoisotopic (exact) mass is 419 g/mol. The Kier molecular flexibility index (Phi) is 4.41. The highest BCUT2D eigenvalue weighted by Crippen LogP contribution is 2.42. The average Bonchev–Trinajstić information content (AvgIpc) is 2.91. The molecule has 1 aromatic rings. The zero-order valence-corrected chi connectivity index (χ0v) is 17.6. The molecule has 1 aromatic carbocycles. The Morgan fingerprint density at radius 3 is 2.56 bits per heavy atom. The Balaban J connectivity index is 2.25. The van der Waals surface area contributed by atoms with Crippen LogP contribution in [0.25, 0.3) is 5.57 Å². The van der Waals surface area contributed by atoms with Crippen LogP contribution in [-0.2, 0) is 0 Å². The number of hydrogen-bond acceptors (Lipinski definition) is 4. The third-order valence-corrected chi connectivity index (χ3v) is 7.69. The van der Waals surface area contributed by atoms with E-state index in [1.165, 1.54) is 0 Å². The molecular formula is C18H22BrN3O2Si. The van der Waals surface area contributed by atoms with Gasteiger partial charge >= 0.3 is 0 Å². The van der Waals surface area contributed by atoms with Crippen molar-refractivity contribution in [1.29, 1.82) is 0 Å². The number of halogens is 1. The van der Waals surface area contributed by atoms with E-state index in [1.807, 2.05) is 25.3 Å². The molecule has 0 amide bonds. The van der Waals surface area contributed by atoms with E-state index in [1.54, 1.807) is 13.0 Å². The Morgan fingerprint density at radius 2 is 1.96 bits per heavy atom. The maximum Gasteiger partial charge on any atom is 0.272 e. The van der Waals surface area contributed by atoms with Gasteiger partial charge in [0.15, 0.2) is 0 Å². The molecule has 0 saturated carbocycles. The lowest BCUT2D eigenvalue weighted by atomic mass is 10.0. The summed E-state index contributed by atoms with van der Waals surface area (Å²) >= 11 is 3.59. The minimum Gasteiger partial charge on any atom is -0.379 e. The van der Waals surface area contributed by atoms with E-state index in [2.05, 4.69) is 51.9 Å². The van der Waals surface area contributed by atoms with Gasteiger partial charge in [-0.1, -0.05) is 31.8 Å². The van der Waals surface area contributed by atoms with E-state index in [-0.39, 0.29) is 16.3 Å². The van der Waals surface area contributed by atoms with Crippen LogP contribution >= 0.6 is 15.9 Å². The number of aryl methyl sites for hydroxylation is 1. The standard InChI is InChI=1S/C18H22BrN3O2Si/c1-11-6-7-12(10-14(11)22(23)24)16-17-13(8-9-15(19)21(17)2)20-18(16)25(3,4)5/h6-10,18,20H,1-5H3. The van der Waals surface area contributed by atoms with Gasteiger partial charge in [-0.05, 0) is 40.6 Å². The second kappa shape index (κ2) is 6.14. The Bertz CT molecular complexity index is 852. The van der Waals surface area contributed by atoms with E-state index in [9.17, 15) is 10.1 Å². The number of nitro benzene ring substituents is 1. The summed E-state index contributed by atoms with van der Waals surface area (Å²) in [5, 5.41) is 15.1. The lowest BCUT2D eigenvalue weighted by molar-refractivity contribution is -0.385. The minimum absolute atomic E-state index is 0.172. The molecule has 7 heteroatoms. The maximum absolute atomic E-state index is 11.4. The van der Waals surface area contributed by atoms with Crippen LogP contribution in [0, 0.1) is 17.0 Å². The Labute approximate surface area is 157 Å². The molecular weight excluding hydrogens is 398 g/mol. The third kappa shape index (κ3) is 3.06. The van der Waals surface area contributed by atoms with Gasteiger partial charge in [0.2, 0.25) is 0 Å². The molecule has 1 N–H and O–H groups in total. The molecule has 1 atom stereocenters. The van der Waals surface area contributed by atoms with E-state index < -0.39 is 8.07 Å². The number of nitrogens with zero attached hydrogens (tertiary/aromatic N) is 2. The van der Waals surface area contributed by atoms with Crippen molar-refractivity contribution in [1.82, 2.24) is 10.2 Å². The number of rotatable bonds is 3. The number of nitrogens with one attached hydrogen (secondary N) is 1. The highest BCUT2D eigenvalue weighted by Gasteiger charge is 2.41. The summed E-state index contributed by atoms with van der Waals surface area (Å²) in [6, 6.07) is 5.57. The predicted molar refractivity (Wildman–Crippen MR) is 108 cm³/mol. The summed E-state index contributed by atoms with van der Waals surface area (Å²) in [4.78, 5) is 13.2. The number of hydrogen-bond donors (Lipinski definition) is 1. The van der Waals surface area contributed by atoms with E-state index in [0.29, 0.717) is 5.56 Å². The van der Waals surface area contributed by atoms with E-state index in [0.717, 1.165) is 27.1 Å². The van der Waals surface area contributed by atoms with Crippen molar-refractivity contribution in [2.45, 2.75) is 32.2 Å². The lowest BCUT2D eigenvalue weighted by Crippen LogP contribution is -2.46. The van der Waals surface area contributed by atoms with Gasteiger partial charge in [-0.2, -0.15) is 0 Å². The number of likely N-dealkylation sites (N-methyl/N-ethyl adjacent to an activating group) is 1. The molecule has 0 spiro atoms. The summed E-state index contributed by atoms with van der Waals surface area (Å²) in [6.07, 6.45) is 4.09. The van der Waals surface area contributed by atoms with Crippen LogP contribution < -0.4 is 5.32 Å². The van der Waals surface area contributed by atoms with Crippen LogP contribution in [0.3, 0.4) is 0 Å². The molecule has 25 heavy (non-hydrogen) atoms. The second-order valence-corrected chi connectivity index (χ2v) is 13.7. The first kappa shape index (κ1) is 17.9. The van der Waals surface area contributed by atoms with Crippen LogP contribution in [0.2, 0.25) is 19.6 Å². The molecule has 2 aliphatic heterocycles. The largest absolute Gasteiger partial charge is 0.379 e. The quantitative estimate of drug-likeness (QED) is 0.338. The van der Waals surface area contributed by atoms with E-state index >= 15 is 0 Å². The van der Waals surface area contributed by atoms with Crippen molar-refractivity contribution < 1.29 is 4.92 Å². The van der Waals surface area contributed by atoms with Gasteiger partial charge in [0.1, 0.15) is 0 Å². The predicted octanol–water partition coefficient (Wildman–Crippen LogP) is 4.53. The first-order valence-electron chi connectivity index (χ1n) is 8.19. The maximum atomic E-state index is 11.4. The smallest absolute Gasteiger partial charge is 0.272 e. The highest BCUT2D eigenvalue weighted by atomic mass is 79.9. The fourth-order valence-electron chi connectivity index (χ4n) is 3.36. The Hall–Kier alpha value is -1.86. The van der Waals surface area contributed by atoms with Crippen LogP contribution in [0.1, 0.15) is 11.1 Å². The molecule has 0 aromatic heterocycles.